The molecule has 1 heterocycles. The molecule has 1 atom stereocenters. The van der Waals surface area contributed by atoms with Gasteiger partial charge in [-0.05, 0) is 45.3 Å². The van der Waals surface area contributed by atoms with Gasteiger partial charge in [0.2, 0.25) is 5.95 Å². The minimum Gasteiger partial charge on any atom is -0.355 e. The lowest BCUT2D eigenvalue weighted by Gasteiger charge is -2.21. The molecule has 1 unspecified atom stereocenters. The Balaban J connectivity index is 2.43. The van der Waals surface area contributed by atoms with E-state index in [9.17, 15) is 0 Å². The van der Waals surface area contributed by atoms with Gasteiger partial charge in [-0.15, -0.1) is 0 Å². The van der Waals surface area contributed by atoms with Crippen LogP contribution in [0.5, 0.6) is 0 Å². The zero-order chi connectivity index (χ0) is 15.0. The van der Waals surface area contributed by atoms with E-state index in [1.54, 1.807) is 0 Å². The maximum absolute atomic E-state index is 4.43. The monoisotopic (exact) mass is 280 g/mol. The molecule has 20 heavy (non-hydrogen) atoms. The van der Waals surface area contributed by atoms with Crippen molar-refractivity contribution in [2.45, 2.75) is 53.5 Å². The highest BCUT2D eigenvalue weighted by atomic mass is 15.2. The molecular formula is C16H32N4. The number of anilines is 1. The summed E-state index contributed by atoms with van der Waals surface area (Å²) in [4.78, 5) is 6.91. The Kier molecular flexibility index (Phi) is 7.67. The van der Waals surface area contributed by atoms with Crippen LogP contribution in [0.1, 0.15) is 53.5 Å². The fraction of sp³-hybridized carbons (Fsp3) is 0.812. The average molecular weight is 280 g/mol. The predicted molar refractivity (Wildman–Crippen MR) is 87.3 cm³/mol. The highest BCUT2D eigenvalue weighted by Gasteiger charge is 2.10. The van der Waals surface area contributed by atoms with Gasteiger partial charge in [-0.25, -0.2) is 4.98 Å². The third-order valence-corrected chi connectivity index (χ3v) is 3.80. The van der Waals surface area contributed by atoms with Gasteiger partial charge < -0.3 is 14.8 Å². The van der Waals surface area contributed by atoms with Crippen molar-refractivity contribution in [3.63, 3.8) is 0 Å². The zero-order valence-electron chi connectivity index (χ0n) is 13.9. The maximum Gasteiger partial charge on any atom is 0.203 e. The molecule has 116 valence electrons. The summed E-state index contributed by atoms with van der Waals surface area (Å²) in [7, 11) is 0. The van der Waals surface area contributed by atoms with E-state index in [4.69, 9.17) is 0 Å². The number of aromatic nitrogens is 2. The van der Waals surface area contributed by atoms with Crippen molar-refractivity contribution in [3.8, 4) is 0 Å². The molecule has 0 aliphatic rings. The van der Waals surface area contributed by atoms with Gasteiger partial charge in [-0.2, -0.15) is 0 Å². The summed E-state index contributed by atoms with van der Waals surface area (Å²) >= 11 is 0. The Morgan fingerprint density at radius 1 is 1.25 bits per heavy atom. The van der Waals surface area contributed by atoms with E-state index in [-0.39, 0.29) is 0 Å². The first-order chi connectivity index (χ1) is 9.58. The Morgan fingerprint density at radius 3 is 2.55 bits per heavy atom. The van der Waals surface area contributed by atoms with Crippen LogP contribution in [0.4, 0.5) is 5.95 Å². The molecule has 0 spiro atoms. The Bertz CT molecular complexity index is 355. The Morgan fingerprint density at radius 2 is 1.95 bits per heavy atom. The standard InChI is InChI=1S/C16H32N4/c1-6-19(7-2)11-8-9-15(5)20-12-10-17-16(20)18-13-14(3)4/h10,12,14-15H,6-9,11,13H2,1-5H3,(H,17,18). The summed E-state index contributed by atoms with van der Waals surface area (Å²) in [5, 5.41) is 3.44. The van der Waals surface area contributed by atoms with Gasteiger partial charge in [0.25, 0.3) is 0 Å². The topological polar surface area (TPSA) is 33.1 Å². The molecule has 0 radical (unpaired) electrons. The lowest BCUT2D eigenvalue weighted by atomic mass is 10.1. The number of imidazole rings is 1. The van der Waals surface area contributed by atoms with Crippen LogP contribution >= 0.6 is 0 Å². The summed E-state index contributed by atoms with van der Waals surface area (Å²) in [5.41, 5.74) is 0. The SMILES string of the molecule is CCN(CC)CCCC(C)n1ccnc1NCC(C)C. The molecule has 1 aromatic heterocycles. The second-order valence-electron chi connectivity index (χ2n) is 5.95. The fourth-order valence-corrected chi connectivity index (χ4v) is 2.39. The van der Waals surface area contributed by atoms with Gasteiger partial charge >= 0.3 is 0 Å². The van der Waals surface area contributed by atoms with E-state index < -0.39 is 0 Å². The fourth-order valence-electron chi connectivity index (χ4n) is 2.39. The van der Waals surface area contributed by atoms with Crippen LogP contribution < -0.4 is 5.32 Å². The lowest BCUT2D eigenvalue weighted by molar-refractivity contribution is 0.288. The van der Waals surface area contributed by atoms with E-state index in [1.165, 1.54) is 19.4 Å². The van der Waals surface area contributed by atoms with Crippen LogP contribution in [0.15, 0.2) is 12.4 Å². The summed E-state index contributed by atoms with van der Waals surface area (Å²) < 4.78 is 2.27. The number of nitrogens with one attached hydrogen (secondary N) is 1. The zero-order valence-corrected chi connectivity index (χ0v) is 13.9. The second-order valence-corrected chi connectivity index (χ2v) is 5.95. The van der Waals surface area contributed by atoms with Crippen LogP contribution in [0, 0.1) is 5.92 Å². The summed E-state index contributed by atoms with van der Waals surface area (Å²) in [5.74, 6) is 1.65. The van der Waals surface area contributed by atoms with Gasteiger partial charge in [-0.1, -0.05) is 27.7 Å². The summed E-state index contributed by atoms with van der Waals surface area (Å²) in [6.07, 6.45) is 6.42. The van der Waals surface area contributed by atoms with Gasteiger partial charge in [-0.3, -0.25) is 0 Å². The predicted octanol–water partition coefficient (Wildman–Crippen LogP) is 3.63. The lowest BCUT2D eigenvalue weighted by Crippen LogP contribution is -2.24. The van der Waals surface area contributed by atoms with Crippen LogP contribution in [0.3, 0.4) is 0 Å². The molecule has 4 nitrogen and oxygen atoms in total. The largest absolute Gasteiger partial charge is 0.355 e. The second kappa shape index (κ2) is 9.01. The van der Waals surface area contributed by atoms with E-state index in [0.29, 0.717) is 12.0 Å². The average Bonchev–Trinajstić information content (AvgIpc) is 2.89. The number of rotatable bonds is 10. The molecule has 0 saturated heterocycles. The highest BCUT2D eigenvalue weighted by Crippen LogP contribution is 2.18. The molecule has 0 saturated carbocycles. The van der Waals surface area contributed by atoms with Gasteiger partial charge in [0.05, 0.1) is 0 Å². The summed E-state index contributed by atoms with van der Waals surface area (Å²) in [6, 6.07) is 0.503. The first-order valence-corrected chi connectivity index (χ1v) is 8.07. The van der Waals surface area contributed by atoms with Crippen molar-refractivity contribution in [1.82, 2.24) is 14.5 Å². The van der Waals surface area contributed by atoms with E-state index in [2.05, 4.69) is 60.6 Å². The van der Waals surface area contributed by atoms with Crippen LogP contribution in [-0.2, 0) is 0 Å². The third kappa shape index (κ3) is 5.53. The van der Waals surface area contributed by atoms with Crippen LogP contribution in [0.2, 0.25) is 0 Å². The molecule has 1 N–H and O–H groups in total. The molecule has 0 fully saturated rings. The van der Waals surface area contributed by atoms with Crippen LogP contribution in [-0.4, -0.2) is 40.6 Å². The molecule has 1 rings (SSSR count). The smallest absolute Gasteiger partial charge is 0.203 e. The number of nitrogens with zero attached hydrogens (tertiary/aromatic N) is 3. The maximum atomic E-state index is 4.43. The first kappa shape index (κ1) is 17.0. The molecular weight excluding hydrogens is 248 g/mol. The molecule has 0 bridgehead atoms. The van der Waals surface area contributed by atoms with Crippen molar-refractivity contribution in [2.75, 3.05) is 31.5 Å². The van der Waals surface area contributed by atoms with Crippen molar-refractivity contribution in [3.05, 3.63) is 12.4 Å². The molecule has 4 heteroatoms. The molecule has 0 amide bonds. The van der Waals surface area contributed by atoms with Crippen LogP contribution in [0.25, 0.3) is 0 Å². The van der Waals surface area contributed by atoms with Crippen molar-refractivity contribution >= 4 is 5.95 Å². The van der Waals surface area contributed by atoms with E-state index in [1.807, 2.05) is 6.20 Å². The summed E-state index contributed by atoms with van der Waals surface area (Å²) in [6.45, 7) is 15.7. The highest BCUT2D eigenvalue weighted by molar-refractivity contribution is 5.26. The van der Waals surface area contributed by atoms with E-state index >= 15 is 0 Å². The van der Waals surface area contributed by atoms with Crippen molar-refractivity contribution in [1.29, 1.82) is 0 Å². The quantitative estimate of drug-likeness (QED) is 0.710. The molecule has 0 aliphatic heterocycles. The Labute approximate surface area is 124 Å². The van der Waals surface area contributed by atoms with Crippen molar-refractivity contribution < 1.29 is 0 Å². The molecule has 0 aliphatic carbocycles. The number of hydrogen-bond acceptors (Lipinski definition) is 3. The van der Waals surface area contributed by atoms with Gasteiger partial charge in [0.1, 0.15) is 0 Å². The number of hydrogen-bond donors (Lipinski definition) is 1. The normalized spacial score (nSPS) is 13.2. The third-order valence-electron chi connectivity index (χ3n) is 3.80. The minimum atomic E-state index is 0.503. The minimum absolute atomic E-state index is 0.503. The van der Waals surface area contributed by atoms with Crippen molar-refractivity contribution in [2.24, 2.45) is 5.92 Å². The Hall–Kier alpha value is -1.03. The van der Waals surface area contributed by atoms with Gasteiger partial charge in [0.15, 0.2) is 0 Å². The molecule has 1 aromatic rings. The molecule has 0 aromatic carbocycles. The van der Waals surface area contributed by atoms with Gasteiger partial charge in [0, 0.05) is 25.0 Å². The van der Waals surface area contributed by atoms with E-state index in [0.717, 1.165) is 25.6 Å². The first-order valence-electron chi connectivity index (χ1n) is 8.07.